The van der Waals surface area contributed by atoms with Crippen molar-refractivity contribution in [2.45, 2.75) is 36.6 Å². The summed E-state index contributed by atoms with van der Waals surface area (Å²) < 4.78 is 25.6. The Labute approximate surface area is 127 Å². The normalized spacial score (nSPS) is 16.5. The molecule has 6 heteroatoms. The van der Waals surface area contributed by atoms with Gasteiger partial charge in [-0.1, -0.05) is 12.8 Å². The molecular weight excluding hydrogens is 286 g/mol. The van der Waals surface area contributed by atoms with Crippen LogP contribution in [0.4, 0.5) is 5.69 Å². The summed E-state index contributed by atoms with van der Waals surface area (Å²) in [6.45, 7) is 1.87. The molecule has 1 fully saturated rings. The predicted molar refractivity (Wildman–Crippen MR) is 86.1 cm³/mol. The van der Waals surface area contributed by atoms with Crippen LogP contribution in [-0.2, 0) is 10.0 Å². The third-order valence-corrected chi connectivity index (χ3v) is 5.61. The zero-order chi connectivity index (χ0) is 15.3. The molecule has 1 aliphatic carbocycles. The van der Waals surface area contributed by atoms with Crippen molar-refractivity contribution in [2.75, 3.05) is 32.5 Å². The van der Waals surface area contributed by atoms with Gasteiger partial charge in [-0.3, -0.25) is 0 Å². The quantitative estimate of drug-likeness (QED) is 0.807. The lowest BCUT2D eigenvalue weighted by Crippen LogP contribution is -2.33. The number of anilines is 1. The Bertz CT molecular complexity index is 537. The van der Waals surface area contributed by atoms with Crippen LogP contribution >= 0.6 is 0 Å². The van der Waals surface area contributed by atoms with E-state index in [9.17, 15) is 8.42 Å². The van der Waals surface area contributed by atoms with Gasteiger partial charge in [0.25, 0.3) is 0 Å². The number of rotatable bonds is 7. The van der Waals surface area contributed by atoms with Crippen molar-refractivity contribution in [3.63, 3.8) is 0 Å². The fourth-order valence-corrected chi connectivity index (χ4v) is 3.50. The minimum Gasteiger partial charge on any atom is -0.384 e. The Hall–Kier alpha value is -1.11. The summed E-state index contributed by atoms with van der Waals surface area (Å²) in [4.78, 5) is 2.71. The second kappa shape index (κ2) is 7.24. The highest BCUT2D eigenvalue weighted by Gasteiger charge is 2.18. The molecule has 0 bridgehead atoms. The number of hydrogen-bond acceptors (Lipinski definition) is 4. The number of hydrogen-bond donors (Lipinski definition) is 2. The summed E-state index contributed by atoms with van der Waals surface area (Å²) in [7, 11) is 0.252. The molecule has 0 spiro atoms. The Balaban J connectivity index is 1.81. The zero-order valence-electron chi connectivity index (χ0n) is 12.8. The Morgan fingerprint density at radius 3 is 2.38 bits per heavy atom. The summed E-state index contributed by atoms with van der Waals surface area (Å²) in [5.74, 6) is 0. The van der Waals surface area contributed by atoms with Crippen LogP contribution in [0.3, 0.4) is 0 Å². The van der Waals surface area contributed by atoms with E-state index in [1.807, 2.05) is 0 Å². The van der Waals surface area contributed by atoms with Crippen LogP contribution in [0.5, 0.6) is 0 Å². The Kier molecular flexibility index (Phi) is 5.61. The molecule has 0 saturated heterocycles. The first kappa shape index (κ1) is 16.3. The molecule has 2 N–H and O–H groups in total. The smallest absolute Gasteiger partial charge is 0.240 e. The highest BCUT2D eigenvalue weighted by molar-refractivity contribution is 7.89. The average Bonchev–Trinajstić information content (AvgIpc) is 3.02. The van der Waals surface area contributed by atoms with Crippen molar-refractivity contribution in [3.8, 4) is 0 Å². The molecule has 0 heterocycles. The van der Waals surface area contributed by atoms with Crippen molar-refractivity contribution < 1.29 is 8.42 Å². The van der Waals surface area contributed by atoms with E-state index >= 15 is 0 Å². The van der Waals surface area contributed by atoms with Crippen molar-refractivity contribution in [2.24, 2.45) is 0 Å². The molecule has 2 rings (SSSR count). The minimum atomic E-state index is -3.35. The van der Waals surface area contributed by atoms with Gasteiger partial charge in [0, 0.05) is 24.8 Å². The van der Waals surface area contributed by atoms with Gasteiger partial charge in [-0.2, -0.15) is 0 Å². The third kappa shape index (κ3) is 4.43. The molecule has 0 radical (unpaired) electrons. The largest absolute Gasteiger partial charge is 0.384 e. The van der Waals surface area contributed by atoms with E-state index in [-0.39, 0.29) is 0 Å². The van der Waals surface area contributed by atoms with Crippen molar-refractivity contribution in [1.29, 1.82) is 0 Å². The van der Waals surface area contributed by atoms with Gasteiger partial charge in [0.05, 0.1) is 4.90 Å². The maximum absolute atomic E-state index is 11.6. The molecular formula is C15H25N3O2S. The lowest BCUT2D eigenvalue weighted by molar-refractivity contribution is 0.254. The molecule has 0 unspecified atom stereocenters. The fourth-order valence-electron chi connectivity index (χ4n) is 2.77. The number of nitrogens with one attached hydrogen (secondary N) is 2. The minimum absolute atomic E-state index is 0.290. The molecule has 1 aromatic rings. The average molecular weight is 311 g/mol. The molecule has 118 valence electrons. The number of likely N-dealkylation sites (N-methyl/N-ethyl adjacent to an activating group) is 1. The number of benzene rings is 1. The van der Waals surface area contributed by atoms with Crippen molar-refractivity contribution in [1.82, 2.24) is 9.62 Å². The second-order valence-corrected chi connectivity index (χ2v) is 7.46. The molecule has 21 heavy (non-hydrogen) atoms. The standard InChI is InChI=1S/C15H25N3O2S/c1-16-21(19,20)15-9-7-13(8-10-15)17-11-12-18(2)14-5-3-4-6-14/h7-10,14,16-17H,3-6,11-12H2,1-2H3. The van der Waals surface area contributed by atoms with E-state index in [4.69, 9.17) is 0 Å². The third-order valence-electron chi connectivity index (χ3n) is 4.18. The van der Waals surface area contributed by atoms with E-state index in [2.05, 4.69) is 22.0 Å². The first-order valence-electron chi connectivity index (χ1n) is 7.50. The van der Waals surface area contributed by atoms with Gasteiger partial charge in [-0.05, 0) is 51.2 Å². The van der Waals surface area contributed by atoms with Gasteiger partial charge < -0.3 is 10.2 Å². The Morgan fingerprint density at radius 2 is 1.81 bits per heavy atom. The highest BCUT2D eigenvalue weighted by Crippen LogP contribution is 2.22. The maximum Gasteiger partial charge on any atom is 0.240 e. The van der Waals surface area contributed by atoms with Crippen LogP contribution in [-0.4, -0.2) is 46.5 Å². The van der Waals surface area contributed by atoms with Gasteiger partial charge in [0.15, 0.2) is 0 Å². The van der Waals surface area contributed by atoms with Crippen LogP contribution in [0, 0.1) is 0 Å². The molecule has 0 amide bonds. The first-order valence-corrected chi connectivity index (χ1v) is 8.99. The van der Waals surface area contributed by atoms with Crippen LogP contribution < -0.4 is 10.0 Å². The molecule has 0 atom stereocenters. The molecule has 5 nitrogen and oxygen atoms in total. The van der Waals surface area contributed by atoms with Crippen LogP contribution in [0.1, 0.15) is 25.7 Å². The lowest BCUT2D eigenvalue weighted by atomic mass is 10.2. The van der Waals surface area contributed by atoms with Gasteiger partial charge in [-0.15, -0.1) is 0 Å². The number of nitrogens with zero attached hydrogens (tertiary/aromatic N) is 1. The summed E-state index contributed by atoms with van der Waals surface area (Å²) in [6, 6.07) is 7.58. The van der Waals surface area contributed by atoms with Crippen molar-refractivity contribution in [3.05, 3.63) is 24.3 Å². The maximum atomic E-state index is 11.6. The van der Waals surface area contributed by atoms with E-state index in [1.165, 1.54) is 32.7 Å². The van der Waals surface area contributed by atoms with Crippen molar-refractivity contribution >= 4 is 15.7 Å². The van der Waals surface area contributed by atoms with Crippen LogP contribution in [0.25, 0.3) is 0 Å². The monoisotopic (exact) mass is 311 g/mol. The molecule has 0 aliphatic heterocycles. The zero-order valence-corrected chi connectivity index (χ0v) is 13.6. The van der Waals surface area contributed by atoms with Gasteiger partial charge in [-0.25, -0.2) is 13.1 Å². The molecule has 0 aromatic heterocycles. The SMILES string of the molecule is CNS(=O)(=O)c1ccc(NCCN(C)C2CCCC2)cc1. The predicted octanol–water partition coefficient (Wildman–Crippen LogP) is 1.88. The summed E-state index contributed by atoms with van der Waals surface area (Å²) >= 11 is 0. The van der Waals surface area contributed by atoms with E-state index < -0.39 is 10.0 Å². The first-order chi connectivity index (χ1) is 10.0. The summed E-state index contributed by atoms with van der Waals surface area (Å²) in [6.07, 6.45) is 5.33. The van der Waals surface area contributed by atoms with Gasteiger partial charge in [0.1, 0.15) is 0 Å². The number of sulfonamides is 1. The lowest BCUT2D eigenvalue weighted by Gasteiger charge is -2.24. The van der Waals surface area contributed by atoms with E-state index in [0.717, 1.165) is 24.8 Å². The van der Waals surface area contributed by atoms with Gasteiger partial charge in [0.2, 0.25) is 10.0 Å². The second-order valence-electron chi connectivity index (χ2n) is 5.58. The summed E-state index contributed by atoms with van der Waals surface area (Å²) in [5, 5.41) is 3.34. The van der Waals surface area contributed by atoms with Gasteiger partial charge >= 0.3 is 0 Å². The molecule has 1 aliphatic rings. The van der Waals surface area contributed by atoms with E-state index in [0.29, 0.717) is 4.90 Å². The van der Waals surface area contributed by atoms with Crippen LogP contribution in [0.2, 0.25) is 0 Å². The van der Waals surface area contributed by atoms with Crippen LogP contribution in [0.15, 0.2) is 29.2 Å². The van der Waals surface area contributed by atoms with E-state index in [1.54, 1.807) is 24.3 Å². The Morgan fingerprint density at radius 1 is 1.19 bits per heavy atom. The topological polar surface area (TPSA) is 61.4 Å². The fraction of sp³-hybridized carbons (Fsp3) is 0.600. The highest BCUT2D eigenvalue weighted by atomic mass is 32.2. The molecule has 1 saturated carbocycles. The molecule has 1 aromatic carbocycles. The summed E-state index contributed by atoms with van der Waals surface area (Å²) in [5.41, 5.74) is 0.949.